The Morgan fingerprint density at radius 1 is 1.86 bits per heavy atom. The first kappa shape index (κ1) is 5.13. The normalized spacial score (nSPS) is 9.29. The Balaban J connectivity index is 2.76. The SMILES string of the molecule is ClCc1[c]scc1. The van der Waals surface area contributed by atoms with Gasteiger partial charge in [-0.25, -0.2) is 0 Å². The minimum Gasteiger partial charge on any atom is -0.143 e. The van der Waals surface area contributed by atoms with E-state index in [9.17, 15) is 0 Å². The second kappa shape index (κ2) is 2.34. The van der Waals surface area contributed by atoms with Crippen molar-refractivity contribution in [3.63, 3.8) is 0 Å². The summed E-state index contributed by atoms with van der Waals surface area (Å²) in [7, 11) is 0. The molecule has 1 heterocycles. The van der Waals surface area contributed by atoms with Gasteiger partial charge in [0.15, 0.2) is 0 Å². The van der Waals surface area contributed by atoms with Gasteiger partial charge in [0.05, 0.1) is 0 Å². The van der Waals surface area contributed by atoms with Crippen molar-refractivity contribution in [2.24, 2.45) is 0 Å². The van der Waals surface area contributed by atoms with Crippen LogP contribution in [0.15, 0.2) is 11.4 Å². The van der Waals surface area contributed by atoms with Crippen molar-refractivity contribution < 1.29 is 0 Å². The molecule has 2 heteroatoms. The molecule has 0 fully saturated rings. The van der Waals surface area contributed by atoms with Crippen molar-refractivity contribution in [1.82, 2.24) is 0 Å². The van der Waals surface area contributed by atoms with Crippen LogP contribution >= 0.6 is 22.9 Å². The summed E-state index contributed by atoms with van der Waals surface area (Å²) in [6, 6.07) is 1.97. The molecule has 0 saturated carbocycles. The van der Waals surface area contributed by atoms with Crippen LogP contribution in [0.25, 0.3) is 0 Å². The van der Waals surface area contributed by atoms with Crippen LogP contribution < -0.4 is 0 Å². The average Bonchev–Trinajstić information content (AvgIpc) is 2.14. The van der Waals surface area contributed by atoms with E-state index in [0.29, 0.717) is 5.88 Å². The highest BCUT2D eigenvalue weighted by molar-refractivity contribution is 7.07. The van der Waals surface area contributed by atoms with Crippen LogP contribution in [-0.2, 0) is 5.88 Å². The highest BCUT2D eigenvalue weighted by Gasteiger charge is 1.85. The number of alkyl halides is 1. The third-order valence-corrected chi connectivity index (χ3v) is 1.61. The topological polar surface area (TPSA) is 0 Å². The highest BCUT2D eigenvalue weighted by atomic mass is 35.5. The predicted molar refractivity (Wildman–Crippen MR) is 32.7 cm³/mol. The Morgan fingerprint density at radius 3 is 3.00 bits per heavy atom. The molecule has 0 aliphatic carbocycles. The first-order valence-electron chi connectivity index (χ1n) is 1.93. The third kappa shape index (κ3) is 1.18. The van der Waals surface area contributed by atoms with Crippen LogP contribution in [0.1, 0.15) is 5.56 Å². The molecule has 0 unspecified atom stereocenters. The Hall–Kier alpha value is -0.0100. The summed E-state index contributed by atoms with van der Waals surface area (Å²) in [4.78, 5) is 0. The molecule has 0 atom stereocenters. The molecule has 0 spiro atoms. The number of thiophene rings is 1. The minimum absolute atomic E-state index is 0.587. The van der Waals surface area contributed by atoms with Crippen LogP contribution in [-0.4, -0.2) is 0 Å². The van der Waals surface area contributed by atoms with Crippen molar-refractivity contribution in [1.29, 1.82) is 0 Å². The third-order valence-electron chi connectivity index (χ3n) is 0.671. The smallest absolute Gasteiger partial charge is 0.0489 e. The predicted octanol–water partition coefficient (Wildman–Crippen LogP) is 2.29. The largest absolute Gasteiger partial charge is 0.143 e. The van der Waals surface area contributed by atoms with Crippen molar-refractivity contribution in [2.45, 2.75) is 5.88 Å². The van der Waals surface area contributed by atoms with E-state index in [1.54, 1.807) is 11.3 Å². The average molecular weight is 132 g/mol. The molecule has 1 rings (SSSR count). The van der Waals surface area contributed by atoms with Gasteiger partial charge >= 0.3 is 0 Å². The standard InChI is InChI=1S/C5H4ClS/c6-3-5-1-2-7-4-5/h1-2H,3H2. The van der Waals surface area contributed by atoms with Crippen LogP contribution in [0, 0.1) is 5.38 Å². The molecule has 0 N–H and O–H groups in total. The fraction of sp³-hybridized carbons (Fsp3) is 0.200. The number of halogens is 1. The summed E-state index contributed by atoms with van der Waals surface area (Å²) in [6.45, 7) is 0. The second-order valence-corrected chi connectivity index (χ2v) is 2.16. The molecule has 0 bridgehead atoms. The van der Waals surface area contributed by atoms with E-state index in [4.69, 9.17) is 11.6 Å². The zero-order valence-electron chi connectivity index (χ0n) is 3.65. The van der Waals surface area contributed by atoms with Gasteiger partial charge in [-0.2, -0.15) is 0 Å². The molecule has 0 saturated heterocycles. The lowest BCUT2D eigenvalue weighted by molar-refractivity contribution is 1.46. The van der Waals surface area contributed by atoms with E-state index < -0.39 is 0 Å². The Labute approximate surface area is 51.7 Å². The van der Waals surface area contributed by atoms with Crippen molar-refractivity contribution in [2.75, 3.05) is 0 Å². The Kier molecular flexibility index (Phi) is 1.71. The first-order chi connectivity index (χ1) is 3.43. The number of hydrogen-bond donors (Lipinski definition) is 0. The van der Waals surface area contributed by atoms with Gasteiger partial charge in [-0.3, -0.25) is 0 Å². The fourth-order valence-electron chi connectivity index (χ4n) is 0.332. The van der Waals surface area contributed by atoms with E-state index in [1.807, 2.05) is 11.4 Å². The second-order valence-electron chi connectivity index (χ2n) is 1.18. The summed E-state index contributed by atoms with van der Waals surface area (Å²) in [5, 5.41) is 4.97. The summed E-state index contributed by atoms with van der Waals surface area (Å²) >= 11 is 7.00. The molecule has 0 aliphatic heterocycles. The van der Waals surface area contributed by atoms with Gasteiger partial charge in [0, 0.05) is 11.3 Å². The van der Waals surface area contributed by atoms with E-state index in [-0.39, 0.29) is 0 Å². The number of hydrogen-bond acceptors (Lipinski definition) is 1. The van der Waals surface area contributed by atoms with Gasteiger partial charge in [-0.1, -0.05) is 0 Å². The van der Waals surface area contributed by atoms with Crippen LogP contribution in [0.3, 0.4) is 0 Å². The van der Waals surface area contributed by atoms with E-state index in [0.717, 1.165) is 5.56 Å². The molecule has 37 valence electrons. The van der Waals surface area contributed by atoms with Crippen molar-refractivity contribution in [3.05, 3.63) is 22.4 Å². The fourth-order valence-corrected chi connectivity index (χ4v) is 1.16. The molecular weight excluding hydrogens is 128 g/mol. The maximum atomic E-state index is 5.44. The Bertz CT molecular complexity index is 123. The molecule has 7 heavy (non-hydrogen) atoms. The van der Waals surface area contributed by atoms with Gasteiger partial charge < -0.3 is 0 Å². The highest BCUT2D eigenvalue weighted by Crippen LogP contribution is 2.06. The maximum absolute atomic E-state index is 5.44. The van der Waals surface area contributed by atoms with E-state index in [1.165, 1.54) is 0 Å². The first-order valence-corrected chi connectivity index (χ1v) is 3.35. The lowest BCUT2D eigenvalue weighted by Crippen LogP contribution is -1.62. The summed E-state index contributed by atoms with van der Waals surface area (Å²) in [6.07, 6.45) is 0. The quantitative estimate of drug-likeness (QED) is 0.513. The van der Waals surface area contributed by atoms with Crippen molar-refractivity contribution in [3.8, 4) is 0 Å². The van der Waals surface area contributed by atoms with E-state index in [2.05, 4.69) is 5.38 Å². The maximum Gasteiger partial charge on any atom is 0.0489 e. The van der Waals surface area contributed by atoms with Crippen LogP contribution in [0.2, 0.25) is 0 Å². The molecule has 0 aliphatic rings. The van der Waals surface area contributed by atoms with Gasteiger partial charge in [-0.15, -0.1) is 22.9 Å². The molecule has 0 nitrogen and oxygen atoms in total. The van der Waals surface area contributed by atoms with Crippen LogP contribution in [0.5, 0.6) is 0 Å². The molecule has 1 aromatic heterocycles. The zero-order chi connectivity index (χ0) is 5.11. The van der Waals surface area contributed by atoms with Crippen LogP contribution in [0.4, 0.5) is 0 Å². The van der Waals surface area contributed by atoms with Gasteiger partial charge in [-0.05, 0) is 17.0 Å². The lowest BCUT2D eigenvalue weighted by atomic mass is 10.4. The molecule has 1 aromatic rings. The van der Waals surface area contributed by atoms with Gasteiger partial charge in [0.1, 0.15) is 0 Å². The summed E-state index contributed by atoms with van der Waals surface area (Å²) in [5.41, 5.74) is 1.09. The Morgan fingerprint density at radius 2 is 2.71 bits per heavy atom. The van der Waals surface area contributed by atoms with Gasteiger partial charge in [0.25, 0.3) is 0 Å². The molecular formula is C5H4ClS. The monoisotopic (exact) mass is 131 g/mol. The molecule has 0 amide bonds. The molecule has 1 radical (unpaired) electrons. The molecule has 0 aromatic carbocycles. The summed E-state index contributed by atoms with van der Waals surface area (Å²) < 4.78 is 0. The number of rotatable bonds is 1. The van der Waals surface area contributed by atoms with Gasteiger partial charge in [0.2, 0.25) is 0 Å². The van der Waals surface area contributed by atoms with E-state index >= 15 is 0 Å². The minimum atomic E-state index is 0.587. The summed E-state index contributed by atoms with van der Waals surface area (Å²) in [5.74, 6) is 0.587. The van der Waals surface area contributed by atoms with Crippen molar-refractivity contribution >= 4 is 22.9 Å². The zero-order valence-corrected chi connectivity index (χ0v) is 5.22. The lowest BCUT2D eigenvalue weighted by Gasteiger charge is -1.75.